The van der Waals surface area contributed by atoms with Gasteiger partial charge in [0.1, 0.15) is 18.1 Å². The molecule has 2 aromatic carbocycles. The van der Waals surface area contributed by atoms with Crippen LogP contribution in [0.5, 0.6) is 5.75 Å². The summed E-state index contributed by atoms with van der Waals surface area (Å²) in [6.45, 7) is 3.84. The molecule has 0 aliphatic rings. The summed E-state index contributed by atoms with van der Waals surface area (Å²) in [5, 5.41) is 17.2. The number of carbonyl (C=O) groups is 1. The van der Waals surface area contributed by atoms with Crippen molar-refractivity contribution in [3.63, 3.8) is 0 Å². The lowest BCUT2D eigenvalue weighted by Gasteiger charge is -2.09. The number of nitrogens with zero attached hydrogens (tertiary/aromatic N) is 2. The number of aromatic nitrogens is 1. The molecule has 29 heavy (non-hydrogen) atoms. The van der Waals surface area contributed by atoms with E-state index in [4.69, 9.17) is 20.9 Å². The lowest BCUT2D eigenvalue weighted by atomic mass is 10.1. The third kappa shape index (κ3) is 4.72. The van der Waals surface area contributed by atoms with Gasteiger partial charge in [-0.05, 0) is 37.1 Å². The van der Waals surface area contributed by atoms with E-state index in [0.717, 1.165) is 12.5 Å². The molecule has 0 bridgehead atoms. The Hall–Kier alpha value is -3.39. The monoisotopic (exact) mass is 415 g/mol. The first-order valence-corrected chi connectivity index (χ1v) is 9.19. The Labute approximate surface area is 171 Å². The Balaban J connectivity index is 1.74. The Kier molecular flexibility index (Phi) is 6.13. The van der Waals surface area contributed by atoms with Crippen LogP contribution in [0.4, 0.5) is 11.4 Å². The molecular weight excluding hydrogens is 398 g/mol. The summed E-state index contributed by atoms with van der Waals surface area (Å²) in [5.41, 5.74) is 1.80. The van der Waals surface area contributed by atoms with E-state index in [2.05, 4.69) is 17.4 Å². The number of amides is 1. The quantitative estimate of drug-likeness (QED) is 0.432. The highest BCUT2D eigenvalue weighted by molar-refractivity contribution is 6.34. The largest absolute Gasteiger partial charge is 0.489 e. The van der Waals surface area contributed by atoms with E-state index >= 15 is 0 Å². The third-order valence-corrected chi connectivity index (χ3v) is 4.64. The van der Waals surface area contributed by atoms with Crippen LogP contribution in [0.3, 0.4) is 0 Å². The number of benzene rings is 2. The summed E-state index contributed by atoms with van der Waals surface area (Å²) in [6, 6.07) is 11.4. The van der Waals surface area contributed by atoms with Crippen molar-refractivity contribution in [1.29, 1.82) is 0 Å². The van der Waals surface area contributed by atoms with Crippen LogP contribution >= 0.6 is 11.6 Å². The van der Waals surface area contributed by atoms with Gasteiger partial charge in [-0.1, -0.05) is 35.8 Å². The van der Waals surface area contributed by atoms with Gasteiger partial charge in [0.15, 0.2) is 5.69 Å². The number of aryl methyl sites for hydroxylation is 2. The Morgan fingerprint density at radius 1 is 1.28 bits per heavy atom. The van der Waals surface area contributed by atoms with Crippen molar-refractivity contribution in [1.82, 2.24) is 5.16 Å². The standard InChI is InChI=1S/C20H18ClN3O5/c1-3-13-4-7-15(8-5-13)28-11-16-12(2)29-23-19(16)20(25)22-18-9-6-14(24(26)27)10-17(18)21/h4-10H,3,11H2,1-2H3,(H,22,25). The second kappa shape index (κ2) is 8.74. The minimum atomic E-state index is -0.568. The normalized spacial score (nSPS) is 10.6. The van der Waals surface area contributed by atoms with Gasteiger partial charge in [-0.3, -0.25) is 14.9 Å². The van der Waals surface area contributed by atoms with Crippen LogP contribution in [-0.4, -0.2) is 16.0 Å². The molecule has 0 saturated carbocycles. The lowest BCUT2D eigenvalue weighted by molar-refractivity contribution is -0.384. The number of anilines is 1. The molecule has 0 atom stereocenters. The third-order valence-electron chi connectivity index (χ3n) is 4.33. The molecule has 1 N–H and O–H groups in total. The first kappa shape index (κ1) is 20.3. The predicted octanol–water partition coefficient (Wildman–Crippen LogP) is 4.94. The van der Waals surface area contributed by atoms with Crippen molar-refractivity contribution >= 4 is 28.9 Å². The highest BCUT2D eigenvalue weighted by Crippen LogP contribution is 2.27. The van der Waals surface area contributed by atoms with Gasteiger partial charge in [-0.25, -0.2) is 0 Å². The zero-order chi connectivity index (χ0) is 21.0. The smallest absolute Gasteiger partial charge is 0.278 e. The Morgan fingerprint density at radius 2 is 2.00 bits per heavy atom. The van der Waals surface area contributed by atoms with Gasteiger partial charge in [0.2, 0.25) is 0 Å². The molecule has 150 valence electrons. The SMILES string of the molecule is CCc1ccc(OCc2c(C(=O)Nc3ccc([N+](=O)[O-])cc3Cl)noc2C)cc1. The van der Waals surface area contributed by atoms with Gasteiger partial charge < -0.3 is 14.6 Å². The molecule has 0 spiro atoms. The number of nitrogens with one attached hydrogen (secondary N) is 1. The molecule has 3 aromatic rings. The van der Waals surface area contributed by atoms with Crippen molar-refractivity contribution in [3.8, 4) is 5.75 Å². The maximum absolute atomic E-state index is 12.6. The van der Waals surface area contributed by atoms with Gasteiger partial charge in [-0.2, -0.15) is 0 Å². The molecule has 0 fully saturated rings. The number of nitro benzene ring substituents is 1. The van der Waals surface area contributed by atoms with E-state index < -0.39 is 10.8 Å². The average Bonchev–Trinajstić information content (AvgIpc) is 3.08. The van der Waals surface area contributed by atoms with Crippen molar-refractivity contribution in [2.24, 2.45) is 0 Å². The van der Waals surface area contributed by atoms with Crippen LogP contribution in [0.1, 0.15) is 34.3 Å². The minimum Gasteiger partial charge on any atom is -0.489 e. The summed E-state index contributed by atoms with van der Waals surface area (Å²) < 4.78 is 10.9. The summed E-state index contributed by atoms with van der Waals surface area (Å²) in [6.07, 6.45) is 0.931. The number of rotatable bonds is 7. The van der Waals surface area contributed by atoms with Gasteiger partial charge in [-0.15, -0.1) is 0 Å². The van der Waals surface area contributed by atoms with Crippen molar-refractivity contribution in [2.45, 2.75) is 26.9 Å². The second-order valence-electron chi connectivity index (χ2n) is 6.23. The number of halogens is 1. The molecule has 0 radical (unpaired) electrons. The van der Waals surface area contributed by atoms with E-state index in [9.17, 15) is 14.9 Å². The fourth-order valence-corrected chi connectivity index (χ4v) is 2.84. The highest BCUT2D eigenvalue weighted by atomic mass is 35.5. The van der Waals surface area contributed by atoms with E-state index in [1.165, 1.54) is 17.7 Å². The van der Waals surface area contributed by atoms with E-state index in [0.29, 0.717) is 17.1 Å². The van der Waals surface area contributed by atoms with Crippen LogP contribution in [-0.2, 0) is 13.0 Å². The van der Waals surface area contributed by atoms with E-state index in [-0.39, 0.29) is 28.7 Å². The number of hydrogen-bond donors (Lipinski definition) is 1. The first-order chi connectivity index (χ1) is 13.9. The number of nitro groups is 1. The maximum atomic E-state index is 12.6. The number of non-ortho nitro benzene ring substituents is 1. The van der Waals surface area contributed by atoms with Crippen molar-refractivity contribution in [3.05, 3.63) is 80.2 Å². The van der Waals surface area contributed by atoms with Crippen molar-refractivity contribution < 1.29 is 19.0 Å². The number of ether oxygens (including phenoxy) is 1. The molecule has 0 aliphatic carbocycles. The zero-order valence-corrected chi connectivity index (χ0v) is 16.5. The van der Waals surface area contributed by atoms with Crippen LogP contribution < -0.4 is 10.1 Å². The fourth-order valence-electron chi connectivity index (χ4n) is 2.62. The van der Waals surface area contributed by atoms with E-state index in [1.807, 2.05) is 24.3 Å². The number of hydrogen-bond acceptors (Lipinski definition) is 6. The fraction of sp³-hybridized carbons (Fsp3) is 0.200. The average molecular weight is 416 g/mol. The topological polar surface area (TPSA) is 108 Å². The first-order valence-electron chi connectivity index (χ1n) is 8.81. The predicted molar refractivity (Wildman–Crippen MR) is 107 cm³/mol. The molecule has 0 unspecified atom stereocenters. The molecule has 1 heterocycles. The minimum absolute atomic E-state index is 0.0431. The van der Waals surface area contributed by atoms with Gasteiger partial charge in [0.25, 0.3) is 11.6 Å². The summed E-state index contributed by atoms with van der Waals surface area (Å²) in [4.78, 5) is 22.9. The molecular formula is C20H18ClN3O5. The Morgan fingerprint density at radius 3 is 2.62 bits per heavy atom. The van der Waals surface area contributed by atoms with Crippen molar-refractivity contribution in [2.75, 3.05) is 5.32 Å². The molecule has 0 saturated heterocycles. The zero-order valence-electron chi connectivity index (χ0n) is 15.8. The van der Waals surface area contributed by atoms with E-state index in [1.54, 1.807) is 6.92 Å². The van der Waals surface area contributed by atoms with Crippen LogP contribution in [0.15, 0.2) is 47.0 Å². The van der Waals surface area contributed by atoms with Gasteiger partial charge in [0.05, 0.1) is 21.2 Å². The molecule has 1 amide bonds. The molecule has 1 aromatic heterocycles. The maximum Gasteiger partial charge on any atom is 0.278 e. The van der Waals surface area contributed by atoms with Crippen LogP contribution in [0.25, 0.3) is 0 Å². The molecule has 8 nitrogen and oxygen atoms in total. The number of carbonyl (C=O) groups excluding carboxylic acids is 1. The van der Waals surface area contributed by atoms with Crippen LogP contribution in [0.2, 0.25) is 5.02 Å². The van der Waals surface area contributed by atoms with Crippen LogP contribution in [0, 0.1) is 17.0 Å². The summed E-state index contributed by atoms with van der Waals surface area (Å²) in [5.74, 6) is 0.556. The second-order valence-corrected chi connectivity index (χ2v) is 6.63. The highest BCUT2D eigenvalue weighted by Gasteiger charge is 2.22. The van der Waals surface area contributed by atoms with Gasteiger partial charge in [0, 0.05) is 12.1 Å². The molecule has 0 aliphatic heterocycles. The summed E-state index contributed by atoms with van der Waals surface area (Å²) >= 11 is 6.03. The summed E-state index contributed by atoms with van der Waals surface area (Å²) in [7, 11) is 0. The molecule has 9 heteroatoms. The Bertz CT molecular complexity index is 1050. The lowest BCUT2D eigenvalue weighted by Crippen LogP contribution is -2.15. The van der Waals surface area contributed by atoms with Gasteiger partial charge >= 0.3 is 0 Å². The molecule has 3 rings (SSSR count).